The van der Waals surface area contributed by atoms with Crippen LogP contribution in [-0.4, -0.2) is 47.9 Å². The highest BCUT2D eigenvalue weighted by atomic mass is 16.2. The lowest BCUT2D eigenvalue weighted by atomic mass is 9.71. The number of hydrogen-bond acceptors (Lipinski definition) is 4. The average Bonchev–Trinajstić information content (AvgIpc) is 3.50. The monoisotopic (exact) mass is 480 g/mol. The Balaban J connectivity index is 1.52. The predicted octanol–water partition coefficient (Wildman–Crippen LogP) is 4.15. The van der Waals surface area contributed by atoms with Crippen molar-refractivity contribution in [3.8, 4) is 0 Å². The topological polar surface area (TPSA) is 73.5 Å². The smallest absolute Gasteiger partial charge is 0.246 e. The van der Waals surface area contributed by atoms with Crippen LogP contribution >= 0.6 is 0 Å². The number of piperidine rings is 1. The average molecular weight is 481 g/mol. The van der Waals surface area contributed by atoms with Crippen molar-refractivity contribution in [2.75, 3.05) is 13.6 Å². The summed E-state index contributed by atoms with van der Waals surface area (Å²) in [6.07, 6.45) is 6.82. The molecule has 35 heavy (non-hydrogen) atoms. The SMILES string of the molecule is C=C(NC(C(=O)N1C[C@@H]2C[C@@H]2C1C(=O)NC)C(C)(C)C)NC1(C(C)c2ccccc2)CCCCC1. The van der Waals surface area contributed by atoms with Crippen LogP contribution in [0, 0.1) is 17.3 Å². The summed E-state index contributed by atoms with van der Waals surface area (Å²) in [6, 6.07) is 9.86. The molecule has 1 saturated heterocycles. The van der Waals surface area contributed by atoms with Gasteiger partial charge in [-0.3, -0.25) is 9.59 Å². The van der Waals surface area contributed by atoms with E-state index in [-0.39, 0.29) is 28.8 Å². The zero-order valence-electron chi connectivity index (χ0n) is 22.2. The number of rotatable bonds is 8. The molecule has 1 aromatic carbocycles. The molecule has 1 aromatic rings. The molecule has 3 aliphatic rings. The maximum absolute atomic E-state index is 13.9. The minimum absolute atomic E-state index is 0.00458. The van der Waals surface area contributed by atoms with Crippen molar-refractivity contribution in [2.24, 2.45) is 17.3 Å². The fourth-order valence-electron chi connectivity index (χ4n) is 6.41. The first-order valence-electron chi connectivity index (χ1n) is 13.4. The van der Waals surface area contributed by atoms with Crippen LogP contribution in [0.2, 0.25) is 0 Å². The van der Waals surface area contributed by atoms with E-state index in [4.69, 9.17) is 0 Å². The van der Waals surface area contributed by atoms with E-state index in [9.17, 15) is 9.59 Å². The van der Waals surface area contributed by atoms with Gasteiger partial charge < -0.3 is 20.9 Å². The number of benzene rings is 1. The van der Waals surface area contributed by atoms with Crippen molar-refractivity contribution in [3.63, 3.8) is 0 Å². The number of fused-ring (bicyclic) bond motifs is 1. The Morgan fingerprint density at radius 1 is 1.11 bits per heavy atom. The van der Waals surface area contributed by atoms with E-state index in [0.717, 1.165) is 19.3 Å². The number of carbonyl (C=O) groups is 2. The highest BCUT2D eigenvalue weighted by Crippen LogP contribution is 2.50. The predicted molar refractivity (Wildman–Crippen MR) is 140 cm³/mol. The molecule has 5 atom stereocenters. The zero-order valence-corrected chi connectivity index (χ0v) is 22.2. The second-order valence-corrected chi connectivity index (χ2v) is 12.1. The zero-order chi connectivity index (χ0) is 25.4. The van der Waals surface area contributed by atoms with Gasteiger partial charge in [-0.2, -0.15) is 0 Å². The highest BCUT2D eigenvalue weighted by molar-refractivity contribution is 5.91. The number of likely N-dealkylation sites (N-methyl/N-ethyl adjacent to an activating group) is 1. The van der Waals surface area contributed by atoms with Crippen molar-refractivity contribution in [3.05, 3.63) is 48.3 Å². The van der Waals surface area contributed by atoms with Crippen molar-refractivity contribution in [2.45, 2.75) is 89.8 Å². The molecule has 3 fully saturated rings. The maximum Gasteiger partial charge on any atom is 0.246 e. The molecule has 3 N–H and O–H groups in total. The lowest BCUT2D eigenvalue weighted by molar-refractivity contribution is -0.143. The third kappa shape index (κ3) is 5.22. The van der Waals surface area contributed by atoms with Gasteiger partial charge in [0.1, 0.15) is 12.1 Å². The highest BCUT2D eigenvalue weighted by Gasteiger charge is 2.58. The normalized spacial score (nSPS) is 26.8. The summed E-state index contributed by atoms with van der Waals surface area (Å²) in [5.74, 6) is 1.72. The van der Waals surface area contributed by atoms with Gasteiger partial charge in [0.25, 0.3) is 0 Å². The Morgan fingerprint density at radius 2 is 1.77 bits per heavy atom. The number of likely N-dealkylation sites (tertiary alicyclic amines) is 1. The van der Waals surface area contributed by atoms with Crippen LogP contribution in [0.15, 0.2) is 42.7 Å². The summed E-state index contributed by atoms with van der Waals surface area (Å²) < 4.78 is 0. The van der Waals surface area contributed by atoms with Crippen molar-refractivity contribution in [1.82, 2.24) is 20.9 Å². The van der Waals surface area contributed by atoms with Gasteiger partial charge in [0.2, 0.25) is 11.8 Å². The van der Waals surface area contributed by atoms with E-state index in [1.165, 1.54) is 24.8 Å². The molecular formula is C29H44N4O2. The van der Waals surface area contributed by atoms with E-state index in [1.807, 2.05) is 4.90 Å². The van der Waals surface area contributed by atoms with Crippen molar-refractivity contribution < 1.29 is 9.59 Å². The first-order chi connectivity index (χ1) is 16.6. The molecule has 6 heteroatoms. The summed E-state index contributed by atoms with van der Waals surface area (Å²) in [5, 5.41) is 10.0. The molecule has 3 unspecified atom stereocenters. The molecule has 2 aliphatic carbocycles. The summed E-state index contributed by atoms with van der Waals surface area (Å²) in [6.45, 7) is 13.6. The Hall–Kier alpha value is -2.50. The van der Waals surface area contributed by atoms with Gasteiger partial charge in [-0.05, 0) is 42.1 Å². The molecule has 0 radical (unpaired) electrons. The van der Waals surface area contributed by atoms with Gasteiger partial charge in [-0.15, -0.1) is 0 Å². The van der Waals surface area contributed by atoms with Crippen LogP contribution in [0.1, 0.15) is 77.7 Å². The Kier molecular flexibility index (Phi) is 7.21. The van der Waals surface area contributed by atoms with Crippen LogP contribution in [0.5, 0.6) is 0 Å². The van der Waals surface area contributed by atoms with Gasteiger partial charge >= 0.3 is 0 Å². The van der Waals surface area contributed by atoms with E-state index < -0.39 is 6.04 Å². The third-order valence-electron chi connectivity index (χ3n) is 8.65. The van der Waals surface area contributed by atoms with Crippen LogP contribution in [0.4, 0.5) is 0 Å². The van der Waals surface area contributed by atoms with E-state index in [2.05, 4.69) is 80.6 Å². The lowest BCUT2D eigenvalue weighted by Gasteiger charge is -2.45. The van der Waals surface area contributed by atoms with Gasteiger partial charge in [-0.25, -0.2) is 0 Å². The molecule has 6 nitrogen and oxygen atoms in total. The number of nitrogens with zero attached hydrogens (tertiary/aromatic N) is 1. The molecule has 0 aromatic heterocycles. The first-order valence-corrected chi connectivity index (χ1v) is 13.4. The number of hydrogen-bond donors (Lipinski definition) is 3. The second kappa shape index (κ2) is 9.87. The molecule has 2 saturated carbocycles. The quantitative estimate of drug-likeness (QED) is 0.523. The lowest BCUT2D eigenvalue weighted by Crippen LogP contribution is -2.59. The summed E-state index contributed by atoms with van der Waals surface area (Å²) in [5.41, 5.74) is 0.879. The molecule has 1 aliphatic heterocycles. The van der Waals surface area contributed by atoms with E-state index in [1.54, 1.807) is 7.05 Å². The van der Waals surface area contributed by atoms with Crippen molar-refractivity contribution >= 4 is 11.8 Å². The van der Waals surface area contributed by atoms with Gasteiger partial charge in [0, 0.05) is 25.0 Å². The minimum atomic E-state index is -0.472. The molecule has 4 rings (SSSR count). The number of carbonyl (C=O) groups excluding carboxylic acids is 2. The van der Waals surface area contributed by atoms with Gasteiger partial charge in [0.05, 0.1) is 5.82 Å². The van der Waals surface area contributed by atoms with Crippen LogP contribution in [0.3, 0.4) is 0 Å². The van der Waals surface area contributed by atoms with Crippen LogP contribution in [-0.2, 0) is 9.59 Å². The molecule has 2 amide bonds. The molecule has 0 bridgehead atoms. The summed E-state index contributed by atoms with van der Waals surface area (Å²) in [4.78, 5) is 28.3. The largest absolute Gasteiger partial charge is 0.366 e. The van der Waals surface area contributed by atoms with E-state index in [0.29, 0.717) is 30.1 Å². The fourth-order valence-corrected chi connectivity index (χ4v) is 6.41. The Labute approximate surface area is 211 Å². The molecule has 192 valence electrons. The summed E-state index contributed by atoms with van der Waals surface area (Å²) >= 11 is 0. The summed E-state index contributed by atoms with van der Waals surface area (Å²) in [7, 11) is 1.66. The standard InChI is InChI=1S/C29H44N4O2/c1-19(21-13-9-7-10-14-21)29(15-11-8-12-16-29)32-20(2)31-25(28(3,4)5)27(35)33-18-22-17-23(22)24(33)26(34)30-6/h7,9-10,13-14,19,22-25,31-32H,2,8,11-12,15-18H2,1,3-6H3,(H,30,34)/t19?,22-,23-,24?,25?/m0/s1. The molecular weight excluding hydrogens is 436 g/mol. The number of nitrogens with one attached hydrogen (secondary N) is 3. The van der Waals surface area contributed by atoms with Crippen LogP contribution < -0.4 is 16.0 Å². The second-order valence-electron chi connectivity index (χ2n) is 12.1. The molecule has 0 spiro atoms. The van der Waals surface area contributed by atoms with Gasteiger partial charge in [0.15, 0.2) is 0 Å². The fraction of sp³-hybridized carbons (Fsp3) is 0.655. The van der Waals surface area contributed by atoms with Crippen molar-refractivity contribution in [1.29, 1.82) is 0 Å². The Morgan fingerprint density at radius 3 is 2.37 bits per heavy atom. The van der Waals surface area contributed by atoms with Crippen LogP contribution in [0.25, 0.3) is 0 Å². The molecule has 1 heterocycles. The Bertz CT molecular complexity index is 932. The first kappa shape index (κ1) is 25.6. The minimum Gasteiger partial charge on any atom is -0.366 e. The third-order valence-corrected chi connectivity index (χ3v) is 8.65. The van der Waals surface area contributed by atoms with E-state index >= 15 is 0 Å². The maximum atomic E-state index is 13.9. The van der Waals surface area contributed by atoms with Gasteiger partial charge in [-0.1, -0.05) is 83.9 Å². The number of amides is 2.